The molecule has 0 unspecified atom stereocenters. The Bertz CT molecular complexity index is 531. The lowest BCUT2D eigenvalue weighted by molar-refractivity contribution is 0.640. The van der Waals surface area contributed by atoms with E-state index in [9.17, 15) is 0 Å². The fourth-order valence-corrected chi connectivity index (χ4v) is 2.11. The van der Waals surface area contributed by atoms with E-state index in [1.54, 1.807) is 0 Å². The molecular formula is C25H40. The summed E-state index contributed by atoms with van der Waals surface area (Å²) < 4.78 is 0. The van der Waals surface area contributed by atoms with Crippen molar-refractivity contribution >= 4 is 0 Å². The van der Waals surface area contributed by atoms with Gasteiger partial charge in [0, 0.05) is 5.41 Å². The summed E-state index contributed by atoms with van der Waals surface area (Å²) in [7, 11) is 0. The highest BCUT2D eigenvalue weighted by molar-refractivity contribution is 5.39. The van der Waals surface area contributed by atoms with Gasteiger partial charge in [-0.2, -0.15) is 0 Å². The number of hydrogen-bond acceptors (Lipinski definition) is 0. The first kappa shape index (κ1) is 25.4. The number of allylic oxidation sites excluding steroid dienone is 1. The van der Waals surface area contributed by atoms with Crippen molar-refractivity contribution in [3.63, 3.8) is 0 Å². The molecule has 0 aliphatic carbocycles. The molecule has 2 aromatic carbocycles. The van der Waals surface area contributed by atoms with Crippen LogP contribution in [0.3, 0.4) is 0 Å². The van der Waals surface area contributed by atoms with Crippen LogP contribution < -0.4 is 0 Å². The zero-order chi connectivity index (χ0) is 18.8. The lowest BCUT2D eigenvalue weighted by Crippen LogP contribution is -2.18. The predicted molar refractivity (Wildman–Crippen MR) is 118 cm³/mol. The van der Waals surface area contributed by atoms with E-state index >= 15 is 0 Å². The van der Waals surface area contributed by atoms with E-state index in [-0.39, 0.29) is 12.8 Å². The molecule has 0 atom stereocenters. The van der Waals surface area contributed by atoms with E-state index in [1.807, 2.05) is 13.8 Å². The number of benzene rings is 2. The smallest absolute Gasteiger partial charge is 0.0146 e. The maximum atomic E-state index is 3.56. The summed E-state index contributed by atoms with van der Waals surface area (Å²) >= 11 is 0. The molecule has 25 heavy (non-hydrogen) atoms. The van der Waals surface area contributed by atoms with Gasteiger partial charge < -0.3 is 0 Å². The van der Waals surface area contributed by atoms with Gasteiger partial charge in [-0.1, -0.05) is 107 Å². The van der Waals surface area contributed by atoms with Crippen molar-refractivity contribution < 1.29 is 0 Å². The summed E-state index contributed by atoms with van der Waals surface area (Å²) in [6, 6.07) is 17.7. The Balaban J connectivity index is 0. The van der Waals surface area contributed by atoms with E-state index in [0.29, 0.717) is 0 Å². The van der Waals surface area contributed by atoms with E-state index in [4.69, 9.17) is 0 Å². The Morgan fingerprint density at radius 2 is 0.960 bits per heavy atom. The topological polar surface area (TPSA) is 0 Å². The van der Waals surface area contributed by atoms with Crippen LogP contribution in [0.25, 0.3) is 0 Å². The van der Waals surface area contributed by atoms with Gasteiger partial charge in [-0.05, 0) is 38.8 Å². The lowest BCUT2D eigenvalue weighted by atomic mass is 9.78. The van der Waals surface area contributed by atoms with E-state index in [2.05, 4.69) is 96.7 Å². The summed E-state index contributed by atoms with van der Waals surface area (Å²) in [4.78, 5) is 0. The summed E-state index contributed by atoms with van der Waals surface area (Å²) in [6.45, 7) is 20.6. The molecule has 0 heterocycles. The summed E-state index contributed by atoms with van der Waals surface area (Å²) in [6.07, 6.45) is 1.25. The second kappa shape index (κ2) is 12.5. The van der Waals surface area contributed by atoms with Crippen molar-refractivity contribution in [1.82, 2.24) is 0 Å². The minimum absolute atomic E-state index is 0. The molecule has 2 rings (SSSR count). The van der Waals surface area contributed by atoms with Gasteiger partial charge in [0.25, 0.3) is 0 Å². The van der Waals surface area contributed by atoms with Gasteiger partial charge in [-0.15, -0.1) is 6.58 Å². The monoisotopic (exact) mass is 340 g/mol. The van der Waals surface area contributed by atoms with E-state index < -0.39 is 0 Å². The van der Waals surface area contributed by atoms with Crippen LogP contribution in [0.15, 0.2) is 60.7 Å². The Kier molecular flexibility index (Phi) is 12.7. The molecular weight excluding hydrogens is 300 g/mol. The predicted octanol–water partition coefficient (Wildman–Crippen LogP) is 8.26. The fourth-order valence-electron chi connectivity index (χ4n) is 2.11. The Hall–Kier alpha value is -1.82. The van der Waals surface area contributed by atoms with Crippen LogP contribution in [0.2, 0.25) is 0 Å². The van der Waals surface area contributed by atoms with Crippen LogP contribution in [0.5, 0.6) is 0 Å². The molecule has 0 aromatic heterocycles. The molecule has 0 nitrogen and oxygen atoms in total. The molecule has 0 fully saturated rings. The largest absolute Gasteiger partial charge is 0.100 e. The van der Waals surface area contributed by atoms with Crippen LogP contribution >= 0.6 is 0 Å². The van der Waals surface area contributed by atoms with Crippen molar-refractivity contribution in [3.05, 3.63) is 82.9 Å². The van der Waals surface area contributed by atoms with Crippen molar-refractivity contribution in [2.75, 3.05) is 0 Å². The minimum Gasteiger partial charge on any atom is -0.100 e. The van der Waals surface area contributed by atoms with Gasteiger partial charge in [0.15, 0.2) is 0 Å². The highest BCUT2D eigenvalue weighted by Gasteiger charge is 2.22. The zero-order valence-electron chi connectivity index (χ0n) is 17.0. The molecule has 0 saturated carbocycles. The van der Waals surface area contributed by atoms with Crippen molar-refractivity contribution in [3.8, 4) is 0 Å². The first-order valence-corrected chi connectivity index (χ1v) is 8.91. The van der Waals surface area contributed by atoms with Crippen LogP contribution in [0.1, 0.15) is 77.6 Å². The molecule has 0 bridgehead atoms. The SMILES string of the molecule is C.C=C(C)C.CCC.Cc1ccc(C(C)(C)c2ccc(C)cc2)cc1. The van der Waals surface area contributed by atoms with Gasteiger partial charge in [0.1, 0.15) is 0 Å². The first-order chi connectivity index (χ1) is 11.1. The second-order valence-corrected chi connectivity index (χ2v) is 7.27. The Labute approximate surface area is 158 Å². The number of rotatable bonds is 2. The lowest BCUT2D eigenvalue weighted by Gasteiger charge is -2.26. The molecule has 0 radical (unpaired) electrons. The number of hydrogen-bond donors (Lipinski definition) is 0. The van der Waals surface area contributed by atoms with E-state index in [0.717, 1.165) is 0 Å². The third-order valence-electron chi connectivity index (χ3n) is 3.55. The van der Waals surface area contributed by atoms with Crippen LogP contribution in [0, 0.1) is 13.8 Å². The molecule has 0 saturated heterocycles. The second-order valence-electron chi connectivity index (χ2n) is 7.27. The maximum absolute atomic E-state index is 3.56. The Morgan fingerprint density at radius 1 is 0.760 bits per heavy atom. The molecule has 0 aliphatic rings. The molecule has 140 valence electrons. The third kappa shape index (κ3) is 9.92. The molecule has 0 heteroatoms. The van der Waals surface area contributed by atoms with Gasteiger partial charge in [-0.3, -0.25) is 0 Å². The molecule has 0 spiro atoms. The minimum atomic E-state index is 0. The van der Waals surface area contributed by atoms with E-state index in [1.165, 1.54) is 34.2 Å². The third-order valence-corrected chi connectivity index (χ3v) is 3.55. The summed E-state index contributed by atoms with van der Waals surface area (Å²) in [5.74, 6) is 0. The molecule has 2 aromatic rings. The number of aryl methyl sites for hydroxylation is 2. The molecule has 0 aliphatic heterocycles. The highest BCUT2D eigenvalue weighted by Crippen LogP contribution is 2.31. The van der Waals surface area contributed by atoms with Gasteiger partial charge in [0.05, 0.1) is 0 Å². The normalized spacial score (nSPS) is 9.60. The highest BCUT2D eigenvalue weighted by atomic mass is 14.3. The standard InChI is InChI=1S/C17H20.C4H8.C3H8.CH4/c1-13-5-9-15(10-6-13)17(3,4)16-11-7-14(2)8-12-16;1-4(2)3;1-3-2;/h5-12H,1-4H3;1H2,2-3H3;3H2,1-2H3;1H4. The van der Waals surface area contributed by atoms with Gasteiger partial charge in [-0.25, -0.2) is 0 Å². The molecule has 0 amide bonds. The maximum Gasteiger partial charge on any atom is 0.0146 e. The average molecular weight is 341 g/mol. The van der Waals surface area contributed by atoms with Crippen molar-refractivity contribution in [1.29, 1.82) is 0 Å². The van der Waals surface area contributed by atoms with Crippen LogP contribution in [-0.2, 0) is 5.41 Å². The van der Waals surface area contributed by atoms with Crippen molar-refractivity contribution in [2.24, 2.45) is 0 Å². The average Bonchev–Trinajstić information content (AvgIpc) is 2.48. The van der Waals surface area contributed by atoms with Crippen LogP contribution in [0.4, 0.5) is 0 Å². The van der Waals surface area contributed by atoms with Gasteiger partial charge in [0.2, 0.25) is 0 Å². The first-order valence-electron chi connectivity index (χ1n) is 8.91. The molecule has 0 N–H and O–H groups in total. The fraction of sp³-hybridized carbons (Fsp3) is 0.440. The zero-order valence-corrected chi connectivity index (χ0v) is 17.0. The Morgan fingerprint density at radius 3 is 1.16 bits per heavy atom. The van der Waals surface area contributed by atoms with Crippen molar-refractivity contribution in [2.45, 2.75) is 74.7 Å². The van der Waals surface area contributed by atoms with Gasteiger partial charge >= 0.3 is 0 Å². The summed E-state index contributed by atoms with van der Waals surface area (Å²) in [5.41, 5.74) is 6.60. The quantitative estimate of drug-likeness (QED) is 0.482. The summed E-state index contributed by atoms with van der Waals surface area (Å²) in [5, 5.41) is 0. The van der Waals surface area contributed by atoms with Crippen LogP contribution in [-0.4, -0.2) is 0 Å².